The molecule has 0 saturated carbocycles. The van der Waals surface area contributed by atoms with Crippen LogP contribution in [-0.2, 0) is 4.79 Å². The average Bonchev–Trinajstić information content (AvgIpc) is 2.77. The van der Waals surface area contributed by atoms with E-state index in [1.54, 1.807) is 6.07 Å². The maximum atomic E-state index is 11.9. The summed E-state index contributed by atoms with van der Waals surface area (Å²) in [6.45, 7) is 2.35. The molecule has 1 amide bonds. The minimum Gasteiger partial charge on any atom is -0.481 e. The van der Waals surface area contributed by atoms with Crippen molar-refractivity contribution in [1.82, 2.24) is 10.3 Å². The number of aromatic nitrogens is 1. The van der Waals surface area contributed by atoms with E-state index >= 15 is 0 Å². The fourth-order valence-corrected chi connectivity index (χ4v) is 1.90. The van der Waals surface area contributed by atoms with Crippen LogP contribution >= 0.6 is 0 Å². The van der Waals surface area contributed by atoms with Crippen LogP contribution in [0.4, 0.5) is 0 Å². The summed E-state index contributed by atoms with van der Waals surface area (Å²) in [6.07, 6.45) is 0.493. The van der Waals surface area contributed by atoms with Gasteiger partial charge in [-0.3, -0.25) is 9.59 Å². The van der Waals surface area contributed by atoms with Crippen LogP contribution in [0.1, 0.15) is 28.9 Å². The van der Waals surface area contributed by atoms with Crippen molar-refractivity contribution < 1.29 is 14.7 Å². The highest BCUT2D eigenvalue weighted by molar-refractivity contribution is 5.98. The molecule has 1 heterocycles. The number of carbonyl (C=O) groups is 2. The lowest BCUT2D eigenvalue weighted by atomic mass is 10.2. The van der Waals surface area contributed by atoms with E-state index in [-0.39, 0.29) is 12.3 Å². The number of rotatable bonds is 5. The van der Waals surface area contributed by atoms with Gasteiger partial charge in [-0.1, -0.05) is 12.1 Å². The molecule has 0 aliphatic rings. The van der Waals surface area contributed by atoms with E-state index in [2.05, 4.69) is 10.3 Å². The van der Waals surface area contributed by atoms with Crippen LogP contribution in [0.2, 0.25) is 0 Å². The SMILES string of the molecule is Cc1ccc2cc(C(=O)NCCCC(=O)O)[nH]c2c1. The number of aromatic amines is 1. The lowest BCUT2D eigenvalue weighted by Crippen LogP contribution is -2.25. The van der Waals surface area contributed by atoms with Crippen molar-refractivity contribution in [2.24, 2.45) is 0 Å². The van der Waals surface area contributed by atoms with Gasteiger partial charge in [0.15, 0.2) is 0 Å². The van der Waals surface area contributed by atoms with E-state index < -0.39 is 5.97 Å². The summed E-state index contributed by atoms with van der Waals surface area (Å²) in [6, 6.07) is 7.73. The van der Waals surface area contributed by atoms with Gasteiger partial charge >= 0.3 is 5.97 Å². The zero-order valence-electron chi connectivity index (χ0n) is 10.7. The Bertz CT molecular complexity index is 616. The van der Waals surface area contributed by atoms with Crippen molar-refractivity contribution in [1.29, 1.82) is 0 Å². The van der Waals surface area contributed by atoms with Gasteiger partial charge in [-0.25, -0.2) is 0 Å². The van der Waals surface area contributed by atoms with Crippen LogP contribution in [0.15, 0.2) is 24.3 Å². The second-order valence-corrected chi connectivity index (χ2v) is 4.53. The summed E-state index contributed by atoms with van der Waals surface area (Å²) in [7, 11) is 0. The minimum absolute atomic E-state index is 0.0617. The smallest absolute Gasteiger partial charge is 0.303 e. The number of carbonyl (C=O) groups excluding carboxylic acids is 1. The van der Waals surface area contributed by atoms with E-state index in [9.17, 15) is 9.59 Å². The standard InChI is InChI=1S/C14H16N2O3/c1-9-4-5-10-8-12(16-11(10)7-9)14(19)15-6-2-3-13(17)18/h4-5,7-8,16H,2-3,6H2,1H3,(H,15,19)(H,17,18). The Labute approximate surface area is 110 Å². The first kappa shape index (κ1) is 13.1. The van der Waals surface area contributed by atoms with Crippen LogP contribution < -0.4 is 5.32 Å². The molecule has 2 rings (SSSR count). The Hall–Kier alpha value is -2.30. The summed E-state index contributed by atoms with van der Waals surface area (Å²) >= 11 is 0. The number of nitrogens with one attached hydrogen (secondary N) is 2. The number of benzene rings is 1. The van der Waals surface area contributed by atoms with Gasteiger partial charge in [-0.05, 0) is 31.0 Å². The van der Waals surface area contributed by atoms with E-state index in [1.807, 2.05) is 25.1 Å². The Morgan fingerprint density at radius 1 is 1.32 bits per heavy atom. The predicted octanol–water partition coefficient (Wildman–Crippen LogP) is 2.07. The number of carboxylic acid groups (broad SMARTS) is 1. The number of carboxylic acids is 1. The Morgan fingerprint density at radius 3 is 2.84 bits per heavy atom. The Morgan fingerprint density at radius 2 is 2.11 bits per heavy atom. The fraction of sp³-hybridized carbons (Fsp3) is 0.286. The lowest BCUT2D eigenvalue weighted by Gasteiger charge is -2.01. The first-order chi connectivity index (χ1) is 9.06. The monoisotopic (exact) mass is 260 g/mol. The molecule has 5 heteroatoms. The highest BCUT2D eigenvalue weighted by Gasteiger charge is 2.09. The van der Waals surface area contributed by atoms with Gasteiger partial charge in [-0.15, -0.1) is 0 Å². The predicted molar refractivity (Wildman–Crippen MR) is 72.2 cm³/mol. The van der Waals surface area contributed by atoms with Gasteiger partial charge in [0.2, 0.25) is 0 Å². The number of aryl methyl sites for hydroxylation is 1. The normalized spacial score (nSPS) is 10.6. The quantitative estimate of drug-likeness (QED) is 0.720. The largest absolute Gasteiger partial charge is 0.481 e. The van der Waals surface area contributed by atoms with Gasteiger partial charge in [0, 0.05) is 23.9 Å². The van der Waals surface area contributed by atoms with Crippen LogP contribution in [0.25, 0.3) is 10.9 Å². The Balaban J connectivity index is 1.99. The van der Waals surface area contributed by atoms with Gasteiger partial charge < -0.3 is 15.4 Å². The van der Waals surface area contributed by atoms with Gasteiger partial charge in [-0.2, -0.15) is 0 Å². The molecule has 3 N–H and O–H groups in total. The fourth-order valence-electron chi connectivity index (χ4n) is 1.90. The molecule has 100 valence electrons. The second kappa shape index (κ2) is 5.56. The lowest BCUT2D eigenvalue weighted by molar-refractivity contribution is -0.137. The summed E-state index contributed by atoms with van der Waals surface area (Å²) < 4.78 is 0. The molecule has 0 spiro atoms. The molecular formula is C14H16N2O3. The Kier molecular flexibility index (Phi) is 3.85. The number of aliphatic carboxylic acids is 1. The minimum atomic E-state index is -0.852. The molecule has 0 aliphatic carbocycles. The average molecular weight is 260 g/mol. The number of H-pyrrole nitrogens is 1. The van der Waals surface area contributed by atoms with Crippen LogP contribution in [0.3, 0.4) is 0 Å². The van der Waals surface area contributed by atoms with Crippen molar-refractivity contribution in [3.05, 3.63) is 35.5 Å². The first-order valence-corrected chi connectivity index (χ1v) is 6.15. The molecule has 5 nitrogen and oxygen atoms in total. The first-order valence-electron chi connectivity index (χ1n) is 6.15. The summed E-state index contributed by atoms with van der Waals surface area (Å²) in [4.78, 5) is 25.3. The third-order valence-corrected chi connectivity index (χ3v) is 2.88. The second-order valence-electron chi connectivity index (χ2n) is 4.53. The topological polar surface area (TPSA) is 82.2 Å². The summed E-state index contributed by atoms with van der Waals surface area (Å²) in [5.41, 5.74) is 2.55. The molecule has 0 aliphatic heterocycles. The maximum Gasteiger partial charge on any atom is 0.303 e. The van der Waals surface area contributed by atoms with E-state index in [1.165, 1.54) is 0 Å². The number of hydrogen-bond donors (Lipinski definition) is 3. The van der Waals surface area contributed by atoms with Crippen molar-refractivity contribution in [3.63, 3.8) is 0 Å². The van der Waals surface area contributed by atoms with Crippen LogP contribution in [-0.4, -0.2) is 28.5 Å². The van der Waals surface area contributed by atoms with E-state index in [4.69, 9.17) is 5.11 Å². The molecule has 1 aromatic heterocycles. The molecule has 19 heavy (non-hydrogen) atoms. The summed E-state index contributed by atoms with van der Waals surface area (Å²) in [5, 5.41) is 12.2. The van der Waals surface area contributed by atoms with Crippen molar-refractivity contribution in [3.8, 4) is 0 Å². The highest BCUT2D eigenvalue weighted by Crippen LogP contribution is 2.16. The number of fused-ring (bicyclic) bond motifs is 1. The zero-order valence-corrected chi connectivity index (χ0v) is 10.7. The molecule has 0 fully saturated rings. The van der Waals surface area contributed by atoms with Crippen molar-refractivity contribution in [2.75, 3.05) is 6.54 Å². The highest BCUT2D eigenvalue weighted by atomic mass is 16.4. The van der Waals surface area contributed by atoms with Crippen LogP contribution in [0, 0.1) is 6.92 Å². The molecular weight excluding hydrogens is 244 g/mol. The number of amides is 1. The number of hydrogen-bond acceptors (Lipinski definition) is 2. The molecule has 0 saturated heterocycles. The van der Waals surface area contributed by atoms with Gasteiger partial charge in [0.05, 0.1) is 0 Å². The van der Waals surface area contributed by atoms with Gasteiger partial charge in [0.25, 0.3) is 5.91 Å². The summed E-state index contributed by atoms with van der Waals surface area (Å²) in [5.74, 6) is -1.06. The van der Waals surface area contributed by atoms with Crippen molar-refractivity contribution >= 4 is 22.8 Å². The zero-order chi connectivity index (χ0) is 13.8. The molecule has 2 aromatic rings. The van der Waals surface area contributed by atoms with Crippen LogP contribution in [0.5, 0.6) is 0 Å². The van der Waals surface area contributed by atoms with Crippen molar-refractivity contribution in [2.45, 2.75) is 19.8 Å². The molecule has 0 radical (unpaired) electrons. The molecule has 0 atom stereocenters. The third-order valence-electron chi connectivity index (χ3n) is 2.88. The van der Waals surface area contributed by atoms with E-state index in [0.29, 0.717) is 18.7 Å². The molecule has 1 aromatic carbocycles. The molecule has 0 unspecified atom stereocenters. The van der Waals surface area contributed by atoms with E-state index in [0.717, 1.165) is 16.5 Å². The maximum absolute atomic E-state index is 11.9. The molecule has 0 bridgehead atoms. The third kappa shape index (κ3) is 3.34. The van der Waals surface area contributed by atoms with Gasteiger partial charge in [0.1, 0.15) is 5.69 Å².